The number of hydrogen-bond acceptors (Lipinski definition) is 5. The van der Waals surface area contributed by atoms with Crippen molar-refractivity contribution in [3.63, 3.8) is 0 Å². The molecule has 170 valence electrons. The molecule has 2 aliphatic heterocycles. The van der Waals surface area contributed by atoms with Gasteiger partial charge in [0.1, 0.15) is 5.82 Å². The fourth-order valence-electron chi connectivity index (χ4n) is 3.64. The van der Waals surface area contributed by atoms with Gasteiger partial charge in [-0.2, -0.15) is 0 Å². The maximum absolute atomic E-state index is 13.0. The third-order valence-corrected chi connectivity index (χ3v) is 6.33. The lowest BCUT2D eigenvalue weighted by Crippen LogP contribution is -2.37. The van der Waals surface area contributed by atoms with Crippen LogP contribution in [0.15, 0.2) is 53.4 Å². The second kappa shape index (κ2) is 9.99. The fourth-order valence-corrected chi connectivity index (χ4v) is 4.50. The molecule has 2 aromatic rings. The Hall–Kier alpha value is -3.46. The Morgan fingerprint density at radius 3 is 2.45 bits per heavy atom. The van der Waals surface area contributed by atoms with Crippen LogP contribution in [0.3, 0.4) is 0 Å². The summed E-state index contributed by atoms with van der Waals surface area (Å²) in [7, 11) is 0. The van der Waals surface area contributed by atoms with E-state index in [-0.39, 0.29) is 35.6 Å². The molecule has 33 heavy (non-hydrogen) atoms. The molecule has 0 radical (unpaired) electrons. The number of carbonyl (C=O) groups excluding carboxylic acids is 4. The molecular weight excluding hydrogens is 445 g/mol. The first-order chi connectivity index (χ1) is 15.9. The first-order valence-electron chi connectivity index (χ1n) is 10.6. The molecule has 0 atom stereocenters. The molecule has 4 amide bonds. The van der Waals surface area contributed by atoms with Crippen molar-refractivity contribution in [2.24, 2.45) is 0 Å². The molecule has 2 heterocycles. The van der Waals surface area contributed by atoms with Gasteiger partial charge < -0.3 is 10.2 Å². The van der Waals surface area contributed by atoms with Gasteiger partial charge in [0.2, 0.25) is 5.91 Å². The van der Waals surface area contributed by atoms with E-state index in [0.717, 1.165) is 35.2 Å². The van der Waals surface area contributed by atoms with Crippen molar-refractivity contribution < 1.29 is 23.6 Å². The molecule has 9 heteroatoms. The highest BCUT2D eigenvalue weighted by Gasteiger charge is 2.34. The number of rotatable bonds is 7. The van der Waals surface area contributed by atoms with Gasteiger partial charge in [-0.25, -0.2) is 4.39 Å². The van der Waals surface area contributed by atoms with E-state index in [1.807, 2.05) is 12.1 Å². The quantitative estimate of drug-likeness (QED) is 0.631. The first-order valence-corrected chi connectivity index (χ1v) is 11.4. The van der Waals surface area contributed by atoms with Gasteiger partial charge in [0.15, 0.2) is 0 Å². The Bertz CT molecular complexity index is 1120. The molecule has 4 rings (SSSR count). The summed E-state index contributed by atoms with van der Waals surface area (Å²) in [5, 5.41) is 2.30. The lowest BCUT2D eigenvalue weighted by molar-refractivity contribution is -0.128. The summed E-state index contributed by atoms with van der Waals surface area (Å²) in [6, 6.07) is 12.6. The van der Waals surface area contributed by atoms with Crippen LogP contribution in [0.5, 0.6) is 0 Å². The Labute approximate surface area is 194 Å². The fraction of sp³-hybridized carbons (Fsp3) is 0.250. The number of carbonyl (C=O) groups is 4. The number of nitrogens with one attached hydrogen (secondary N) is 1. The van der Waals surface area contributed by atoms with Gasteiger partial charge in [0.05, 0.1) is 4.91 Å². The van der Waals surface area contributed by atoms with Crippen LogP contribution in [-0.4, -0.2) is 52.4 Å². The zero-order valence-corrected chi connectivity index (χ0v) is 18.6. The topological polar surface area (TPSA) is 86.8 Å². The van der Waals surface area contributed by atoms with E-state index in [0.29, 0.717) is 24.1 Å². The van der Waals surface area contributed by atoms with Crippen molar-refractivity contribution in [2.45, 2.75) is 19.4 Å². The summed E-state index contributed by atoms with van der Waals surface area (Å²) in [5.41, 5.74) is 2.03. The van der Waals surface area contributed by atoms with Crippen molar-refractivity contribution >= 4 is 40.8 Å². The first kappa shape index (κ1) is 22.7. The molecule has 2 fully saturated rings. The summed E-state index contributed by atoms with van der Waals surface area (Å²) in [6.07, 6.45) is 3.01. The molecule has 0 aliphatic carbocycles. The van der Waals surface area contributed by atoms with E-state index in [4.69, 9.17) is 0 Å². The Kier molecular flexibility index (Phi) is 6.88. The predicted octanol–water partition coefficient (Wildman–Crippen LogP) is 3.41. The Balaban J connectivity index is 1.28. The molecule has 2 aromatic carbocycles. The lowest BCUT2D eigenvalue weighted by atomic mass is 10.1. The van der Waals surface area contributed by atoms with Gasteiger partial charge in [-0.05, 0) is 59.7 Å². The van der Waals surface area contributed by atoms with Crippen LogP contribution in [0.25, 0.3) is 6.08 Å². The van der Waals surface area contributed by atoms with Gasteiger partial charge in [-0.1, -0.05) is 24.3 Å². The highest BCUT2D eigenvalue weighted by Crippen LogP contribution is 2.31. The van der Waals surface area contributed by atoms with Crippen LogP contribution >= 0.6 is 11.8 Å². The normalized spacial score (nSPS) is 17.4. The van der Waals surface area contributed by atoms with Gasteiger partial charge in [0, 0.05) is 38.2 Å². The van der Waals surface area contributed by atoms with Crippen LogP contribution in [0.4, 0.5) is 9.18 Å². The molecule has 0 spiro atoms. The zero-order valence-electron chi connectivity index (χ0n) is 17.8. The number of halogens is 1. The predicted molar refractivity (Wildman–Crippen MR) is 123 cm³/mol. The SMILES string of the molecule is O=C(NCCN1C(=O)S/C(=C\c2ccc(F)cc2)C1=O)c1ccc(CN2CCCC2=O)cc1. The minimum atomic E-state index is -0.440. The monoisotopic (exact) mass is 467 g/mol. The van der Waals surface area contributed by atoms with Gasteiger partial charge in [-0.3, -0.25) is 24.1 Å². The van der Waals surface area contributed by atoms with Crippen LogP contribution in [0.1, 0.15) is 34.3 Å². The number of imide groups is 1. The van der Waals surface area contributed by atoms with E-state index in [1.54, 1.807) is 23.1 Å². The Morgan fingerprint density at radius 1 is 1.06 bits per heavy atom. The molecule has 0 aromatic heterocycles. The Morgan fingerprint density at radius 2 is 1.79 bits per heavy atom. The number of benzene rings is 2. The third-order valence-electron chi connectivity index (χ3n) is 5.42. The van der Waals surface area contributed by atoms with Gasteiger partial charge in [0.25, 0.3) is 17.1 Å². The van der Waals surface area contributed by atoms with Crippen molar-refractivity contribution in [3.05, 3.63) is 75.9 Å². The molecule has 1 N–H and O–H groups in total. The van der Waals surface area contributed by atoms with Crippen molar-refractivity contribution in [2.75, 3.05) is 19.6 Å². The van der Waals surface area contributed by atoms with E-state index < -0.39 is 11.1 Å². The summed E-state index contributed by atoms with van der Waals surface area (Å²) >= 11 is 0.815. The molecule has 0 unspecified atom stereocenters. The van der Waals surface area contributed by atoms with E-state index in [9.17, 15) is 23.6 Å². The molecule has 2 aliphatic rings. The van der Waals surface area contributed by atoms with Gasteiger partial charge >= 0.3 is 0 Å². The second-order valence-electron chi connectivity index (χ2n) is 7.76. The second-order valence-corrected chi connectivity index (χ2v) is 8.75. The zero-order chi connectivity index (χ0) is 23.4. The lowest BCUT2D eigenvalue weighted by Gasteiger charge is -2.16. The van der Waals surface area contributed by atoms with E-state index in [1.165, 1.54) is 24.3 Å². The average molecular weight is 468 g/mol. The van der Waals surface area contributed by atoms with Crippen molar-refractivity contribution in [1.82, 2.24) is 15.1 Å². The molecule has 2 saturated heterocycles. The number of amides is 4. The minimum Gasteiger partial charge on any atom is -0.350 e. The van der Waals surface area contributed by atoms with Crippen molar-refractivity contribution in [3.8, 4) is 0 Å². The smallest absolute Gasteiger partial charge is 0.293 e. The van der Waals surface area contributed by atoms with E-state index in [2.05, 4.69) is 5.32 Å². The largest absolute Gasteiger partial charge is 0.350 e. The highest BCUT2D eigenvalue weighted by atomic mass is 32.2. The summed E-state index contributed by atoms with van der Waals surface area (Å²) < 4.78 is 13.0. The summed E-state index contributed by atoms with van der Waals surface area (Å²) in [4.78, 5) is 52.0. The number of thioether (sulfide) groups is 1. The highest BCUT2D eigenvalue weighted by molar-refractivity contribution is 8.18. The molecule has 0 saturated carbocycles. The standard InChI is InChI=1S/C24H22FN3O4S/c25-19-9-5-16(6-10-19)14-20-23(31)28(24(32)33-20)13-11-26-22(30)18-7-3-17(4-8-18)15-27-12-1-2-21(27)29/h3-10,14H,1-2,11-13,15H2,(H,26,30)/b20-14-. The van der Waals surface area contributed by atoms with E-state index >= 15 is 0 Å². The number of nitrogens with zero attached hydrogens (tertiary/aromatic N) is 2. The van der Waals surface area contributed by atoms with Crippen molar-refractivity contribution in [1.29, 1.82) is 0 Å². The maximum Gasteiger partial charge on any atom is 0.293 e. The maximum atomic E-state index is 13.0. The summed E-state index contributed by atoms with van der Waals surface area (Å²) in [5.74, 6) is -0.985. The number of hydrogen-bond donors (Lipinski definition) is 1. The summed E-state index contributed by atoms with van der Waals surface area (Å²) in [6.45, 7) is 1.45. The molecular formula is C24H22FN3O4S. The molecule has 0 bridgehead atoms. The van der Waals surface area contributed by atoms with Gasteiger partial charge in [-0.15, -0.1) is 0 Å². The van der Waals surface area contributed by atoms with Crippen LogP contribution in [0, 0.1) is 5.82 Å². The number of likely N-dealkylation sites (tertiary alicyclic amines) is 1. The van der Waals surface area contributed by atoms with Crippen LogP contribution in [-0.2, 0) is 16.1 Å². The minimum absolute atomic E-state index is 0.0479. The van der Waals surface area contributed by atoms with Crippen LogP contribution < -0.4 is 5.32 Å². The third kappa shape index (κ3) is 5.48. The molecule has 7 nitrogen and oxygen atoms in total. The average Bonchev–Trinajstić information content (AvgIpc) is 3.32. The van der Waals surface area contributed by atoms with Crippen LogP contribution in [0.2, 0.25) is 0 Å².